The van der Waals surface area contributed by atoms with Gasteiger partial charge in [-0.2, -0.15) is 0 Å². The Labute approximate surface area is 86.8 Å². The van der Waals surface area contributed by atoms with Crippen LogP contribution in [-0.2, 0) is 4.79 Å². The molecule has 3 N–H and O–H groups in total. The maximum Gasteiger partial charge on any atom is 0.244 e. The smallest absolute Gasteiger partial charge is 0.244 e. The van der Waals surface area contributed by atoms with Crippen molar-refractivity contribution >= 4 is 17.7 Å². The van der Waals surface area contributed by atoms with Crippen molar-refractivity contribution in [1.82, 2.24) is 5.43 Å². The molecule has 4 nitrogen and oxygen atoms in total. The second-order valence-electron chi connectivity index (χ2n) is 2.53. The summed E-state index contributed by atoms with van der Waals surface area (Å²) in [5.41, 5.74) is 2.07. The number of hydrazine groups is 1. The van der Waals surface area contributed by atoms with Crippen molar-refractivity contribution in [2.45, 2.75) is 4.90 Å². The second kappa shape index (κ2) is 5.51. The first-order chi connectivity index (χ1) is 6.76. The molecule has 0 spiro atoms. The van der Waals surface area contributed by atoms with Gasteiger partial charge in [-0.05, 0) is 24.3 Å². The molecule has 1 aromatic rings. The summed E-state index contributed by atoms with van der Waals surface area (Å²) in [5, 5.41) is 0. The molecule has 0 aliphatic heterocycles. The lowest BCUT2D eigenvalue weighted by Gasteiger charge is -2.02. The minimum Gasteiger partial charge on any atom is -0.497 e. The van der Waals surface area contributed by atoms with E-state index in [1.165, 1.54) is 11.8 Å². The van der Waals surface area contributed by atoms with Gasteiger partial charge in [-0.25, -0.2) is 5.84 Å². The van der Waals surface area contributed by atoms with E-state index in [0.29, 0.717) is 5.75 Å². The van der Waals surface area contributed by atoms with Crippen LogP contribution in [0.15, 0.2) is 29.2 Å². The predicted molar refractivity (Wildman–Crippen MR) is 56.0 cm³/mol. The summed E-state index contributed by atoms with van der Waals surface area (Å²) in [7, 11) is 1.62. The molecule has 1 amide bonds. The quantitative estimate of drug-likeness (QED) is 0.335. The van der Waals surface area contributed by atoms with E-state index < -0.39 is 0 Å². The Morgan fingerprint density at radius 2 is 2.14 bits per heavy atom. The zero-order valence-electron chi connectivity index (χ0n) is 7.82. The van der Waals surface area contributed by atoms with Gasteiger partial charge < -0.3 is 4.74 Å². The molecule has 0 saturated carbocycles. The van der Waals surface area contributed by atoms with Gasteiger partial charge in [-0.15, -0.1) is 11.8 Å². The first-order valence-corrected chi connectivity index (χ1v) is 5.01. The number of carbonyl (C=O) groups excluding carboxylic acids is 1. The normalized spacial score (nSPS) is 9.57. The van der Waals surface area contributed by atoms with Gasteiger partial charge in [-0.3, -0.25) is 10.2 Å². The van der Waals surface area contributed by atoms with Crippen LogP contribution in [0.2, 0.25) is 0 Å². The van der Waals surface area contributed by atoms with E-state index in [0.717, 1.165) is 10.6 Å². The van der Waals surface area contributed by atoms with Crippen LogP contribution in [0.3, 0.4) is 0 Å². The van der Waals surface area contributed by atoms with Gasteiger partial charge in [0.1, 0.15) is 5.75 Å². The highest BCUT2D eigenvalue weighted by molar-refractivity contribution is 8.00. The van der Waals surface area contributed by atoms with Crippen LogP contribution in [-0.4, -0.2) is 18.8 Å². The van der Waals surface area contributed by atoms with E-state index in [4.69, 9.17) is 10.6 Å². The minimum absolute atomic E-state index is 0.189. The summed E-state index contributed by atoms with van der Waals surface area (Å²) >= 11 is 1.42. The Hall–Kier alpha value is -1.20. The Bertz CT molecular complexity index is 300. The molecule has 0 atom stereocenters. The highest BCUT2D eigenvalue weighted by atomic mass is 32.2. The van der Waals surface area contributed by atoms with E-state index in [1.807, 2.05) is 24.3 Å². The van der Waals surface area contributed by atoms with Crippen LogP contribution < -0.4 is 16.0 Å². The van der Waals surface area contributed by atoms with E-state index in [2.05, 4.69) is 5.43 Å². The molecule has 14 heavy (non-hydrogen) atoms. The fraction of sp³-hybridized carbons (Fsp3) is 0.222. The van der Waals surface area contributed by atoms with Crippen LogP contribution in [0, 0.1) is 0 Å². The fourth-order valence-corrected chi connectivity index (χ4v) is 1.57. The summed E-state index contributed by atoms with van der Waals surface area (Å²) in [6.07, 6.45) is 0. The number of methoxy groups -OCH3 is 1. The van der Waals surface area contributed by atoms with Crippen molar-refractivity contribution in [3.63, 3.8) is 0 Å². The maximum atomic E-state index is 10.8. The summed E-state index contributed by atoms with van der Waals surface area (Å²) < 4.78 is 5.01. The highest BCUT2D eigenvalue weighted by Crippen LogP contribution is 2.20. The van der Waals surface area contributed by atoms with Crippen LogP contribution >= 0.6 is 11.8 Å². The van der Waals surface area contributed by atoms with E-state index in [1.54, 1.807) is 7.11 Å². The van der Waals surface area contributed by atoms with Gasteiger partial charge in [0.2, 0.25) is 5.91 Å². The second-order valence-corrected chi connectivity index (χ2v) is 3.58. The van der Waals surface area contributed by atoms with Gasteiger partial charge >= 0.3 is 0 Å². The maximum absolute atomic E-state index is 10.8. The molecule has 0 heterocycles. The molecular formula is C9H12N2O2S. The Morgan fingerprint density at radius 3 is 2.64 bits per heavy atom. The lowest BCUT2D eigenvalue weighted by Crippen LogP contribution is -2.31. The van der Waals surface area contributed by atoms with Gasteiger partial charge in [0.05, 0.1) is 12.9 Å². The van der Waals surface area contributed by atoms with Crippen molar-refractivity contribution in [2.75, 3.05) is 12.9 Å². The molecule has 0 aliphatic carbocycles. The molecule has 1 rings (SSSR count). The van der Waals surface area contributed by atoms with Gasteiger partial charge in [0.25, 0.3) is 0 Å². The van der Waals surface area contributed by atoms with Crippen LogP contribution in [0.4, 0.5) is 0 Å². The summed E-state index contributed by atoms with van der Waals surface area (Å²) in [6, 6.07) is 7.49. The van der Waals surface area contributed by atoms with Gasteiger partial charge in [-0.1, -0.05) is 0 Å². The number of amides is 1. The third-order valence-corrected chi connectivity index (χ3v) is 2.60. The number of carbonyl (C=O) groups is 1. The predicted octanol–water partition coefficient (Wildman–Crippen LogP) is 0.777. The van der Waals surface area contributed by atoms with Crippen molar-refractivity contribution < 1.29 is 9.53 Å². The molecule has 0 saturated heterocycles. The third kappa shape index (κ3) is 3.27. The Kier molecular flexibility index (Phi) is 4.28. The third-order valence-electron chi connectivity index (χ3n) is 1.59. The zero-order valence-corrected chi connectivity index (χ0v) is 8.64. The van der Waals surface area contributed by atoms with Crippen molar-refractivity contribution in [3.8, 4) is 5.75 Å². The number of ether oxygens (including phenoxy) is 1. The molecule has 0 unspecified atom stereocenters. The van der Waals surface area contributed by atoms with Crippen molar-refractivity contribution in [2.24, 2.45) is 5.84 Å². The monoisotopic (exact) mass is 212 g/mol. The minimum atomic E-state index is -0.189. The van der Waals surface area contributed by atoms with E-state index in [9.17, 15) is 4.79 Å². The number of rotatable bonds is 4. The number of thioether (sulfide) groups is 1. The Morgan fingerprint density at radius 1 is 1.50 bits per heavy atom. The van der Waals surface area contributed by atoms with Crippen LogP contribution in [0.1, 0.15) is 0 Å². The summed E-state index contributed by atoms with van der Waals surface area (Å²) in [6.45, 7) is 0. The van der Waals surface area contributed by atoms with Crippen LogP contribution in [0.25, 0.3) is 0 Å². The lowest BCUT2D eigenvalue weighted by atomic mass is 10.3. The molecule has 76 valence electrons. The average Bonchev–Trinajstić information content (AvgIpc) is 2.26. The van der Waals surface area contributed by atoms with E-state index >= 15 is 0 Å². The first-order valence-electron chi connectivity index (χ1n) is 4.02. The number of hydrogen-bond acceptors (Lipinski definition) is 4. The van der Waals surface area contributed by atoms with Gasteiger partial charge in [0.15, 0.2) is 0 Å². The average molecular weight is 212 g/mol. The molecule has 0 aliphatic rings. The fourth-order valence-electron chi connectivity index (χ4n) is 0.862. The summed E-state index contributed by atoms with van der Waals surface area (Å²) in [5.74, 6) is 5.89. The van der Waals surface area contributed by atoms with E-state index in [-0.39, 0.29) is 5.91 Å². The Balaban J connectivity index is 2.47. The highest BCUT2D eigenvalue weighted by Gasteiger charge is 2.00. The molecule has 0 radical (unpaired) electrons. The van der Waals surface area contributed by atoms with Crippen molar-refractivity contribution in [3.05, 3.63) is 24.3 Å². The largest absolute Gasteiger partial charge is 0.497 e. The van der Waals surface area contributed by atoms with Crippen molar-refractivity contribution in [1.29, 1.82) is 0 Å². The zero-order chi connectivity index (χ0) is 10.4. The number of nitrogens with one attached hydrogen (secondary N) is 1. The molecule has 0 fully saturated rings. The van der Waals surface area contributed by atoms with Crippen LogP contribution in [0.5, 0.6) is 5.75 Å². The molecular weight excluding hydrogens is 200 g/mol. The molecule has 1 aromatic carbocycles. The SMILES string of the molecule is COc1ccc(SCC(=O)NN)cc1. The summed E-state index contributed by atoms with van der Waals surface area (Å²) in [4.78, 5) is 11.8. The standard InChI is InChI=1S/C9H12N2O2S/c1-13-7-2-4-8(5-3-7)14-6-9(12)11-10/h2-5H,6,10H2,1H3,(H,11,12). The molecule has 5 heteroatoms. The topological polar surface area (TPSA) is 64.3 Å². The number of benzene rings is 1. The molecule has 0 aromatic heterocycles. The lowest BCUT2D eigenvalue weighted by molar-refractivity contribution is -0.118. The van der Waals surface area contributed by atoms with Gasteiger partial charge in [0, 0.05) is 4.90 Å². The molecule has 0 bridgehead atoms. The first kappa shape index (κ1) is 10.9. The number of nitrogens with two attached hydrogens (primary N) is 1. The number of hydrogen-bond donors (Lipinski definition) is 2.